The van der Waals surface area contributed by atoms with Gasteiger partial charge in [-0.1, -0.05) is 0 Å². The molecule has 0 N–H and O–H groups in total. The van der Waals surface area contributed by atoms with Crippen LogP contribution in [0.5, 0.6) is 11.5 Å². The van der Waals surface area contributed by atoms with Crippen LogP contribution in [0, 0.1) is 12.7 Å². The summed E-state index contributed by atoms with van der Waals surface area (Å²) in [4.78, 5) is 5.76. The molecule has 2 aliphatic heterocycles. The van der Waals surface area contributed by atoms with Crippen LogP contribution in [0.25, 0.3) is 0 Å². The molecule has 1 fully saturated rings. The highest BCUT2D eigenvalue weighted by Gasteiger charge is 2.34. The highest BCUT2D eigenvalue weighted by Crippen LogP contribution is 2.39. The van der Waals surface area contributed by atoms with E-state index in [9.17, 15) is 17.6 Å². The van der Waals surface area contributed by atoms with Crippen molar-refractivity contribution in [3.05, 3.63) is 52.6 Å². The van der Waals surface area contributed by atoms with E-state index in [0.717, 1.165) is 25.5 Å². The van der Waals surface area contributed by atoms with E-state index in [4.69, 9.17) is 9.47 Å². The Morgan fingerprint density at radius 3 is 2.50 bits per heavy atom. The smallest absolute Gasteiger partial charge is 0.433 e. The van der Waals surface area contributed by atoms with E-state index in [1.54, 1.807) is 19.1 Å². The third kappa shape index (κ3) is 4.24. The van der Waals surface area contributed by atoms with Crippen LogP contribution in [0.15, 0.2) is 24.3 Å². The van der Waals surface area contributed by atoms with Gasteiger partial charge in [0.25, 0.3) is 0 Å². The van der Waals surface area contributed by atoms with E-state index in [0.29, 0.717) is 48.1 Å². The summed E-state index contributed by atoms with van der Waals surface area (Å²) in [5, 5.41) is 0. The Morgan fingerprint density at radius 1 is 1.10 bits per heavy atom. The lowest BCUT2D eigenvalue weighted by molar-refractivity contribution is -0.141. The SMILES string of the molecule is Cc1cc([C@@H]2CCCN([C@H](C)c3cc4c(cc3F)OCCO4)C2)cc(C(F)(F)F)n1. The summed E-state index contributed by atoms with van der Waals surface area (Å²) in [6.07, 6.45) is -2.87. The summed E-state index contributed by atoms with van der Waals surface area (Å²) in [6, 6.07) is 5.66. The second-order valence-electron chi connectivity index (χ2n) is 7.95. The van der Waals surface area contributed by atoms with Gasteiger partial charge in [0, 0.05) is 29.9 Å². The van der Waals surface area contributed by atoms with E-state index in [2.05, 4.69) is 9.88 Å². The lowest BCUT2D eigenvalue weighted by Gasteiger charge is -2.37. The van der Waals surface area contributed by atoms with Crippen molar-refractivity contribution in [3.63, 3.8) is 0 Å². The van der Waals surface area contributed by atoms with Gasteiger partial charge in [0.05, 0.1) is 0 Å². The minimum atomic E-state index is -4.48. The van der Waals surface area contributed by atoms with E-state index in [-0.39, 0.29) is 17.8 Å². The Morgan fingerprint density at radius 2 is 1.80 bits per heavy atom. The average Bonchev–Trinajstić information content (AvgIpc) is 2.72. The normalized spacial score (nSPS) is 20.8. The molecule has 0 saturated carbocycles. The van der Waals surface area contributed by atoms with Crippen LogP contribution < -0.4 is 9.47 Å². The molecule has 0 radical (unpaired) electrons. The van der Waals surface area contributed by atoms with Gasteiger partial charge < -0.3 is 9.47 Å². The zero-order valence-corrected chi connectivity index (χ0v) is 16.9. The molecule has 3 heterocycles. The first-order valence-electron chi connectivity index (χ1n) is 10.1. The number of nitrogens with zero attached hydrogens (tertiary/aromatic N) is 2. The number of fused-ring (bicyclic) bond motifs is 1. The van der Waals surface area contributed by atoms with E-state index < -0.39 is 11.9 Å². The molecule has 4 nitrogen and oxygen atoms in total. The minimum absolute atomic E-state index is 0.0655. The lowest BCUT2D eigenvalue weighted by Crippen LogP contribution is -2.36. The maximum atomic E-state index is 14.7. The van der Waals surface area contributed by atoms with Crippen molar-refractivity contribution in [2.24, 2.45) is 0 Å². The molecule has 2 atom stereocenters. The van der Waals surface area contributed by atoms with E-state index >= 15 is 0 Å². The van der Waals surface area contributed by atoms with Crippen molar-refractivity contribution >= 4 is 0 Å². The molecule has 2 aliphatic rings. The van der Waals surface area contributed by atoms with Gasteiger partial charge in [-0.05, 0) is 62.9 Å². The zero-order valence-electron chi connectivity index (χ0n) is 16.9. The zero-order chi connectivity index (χ0) is 21.5. The van der Waals surface area contributed by atoms with Gasteiger partial charge in [0.15, 0.2) is 11.5 Å². The van der Waals surface area contributed by atoms with Crippen molar-refractivity contribution < 1.29 is 27.0 Å². The number of alkyl halides is 3. The molecule has 0 aliphatic carbocycles. The quantitative estimate of drug-likeness (QED) is 0.630. The Labute approximate surface area is 172 Å². The summed E-state index contributed by atoms with van der Waals surface area (Å²) in [5.74, 6) is 0.494. The van der Waals surface area contributed by atoms with Crippen LogP contribution in [0.2, 0.25) is 0 Å². The fourth-order valence-electron chi connectivity index (χ4n) is 4.30. The van der Waals surface area contributed by atoms with Crippen LogP contribution in [-0.4, -0.2) is 36.2 Å². The molecule has 1 saturated heterocycles. The number of piperidine rings is 1. The molecule has 1 aromatic carbocycles. The van der Waals surface area contributed by atoms with Gasteiger partial charge >= 0.3 is 6.18 Å². The molecule has 4 rings (SSSR count). The van der Waals surface area contributed by atoms with Gasteiger partial charge in [-0.2, -0.15) is 13.2 Å². The number of hydrogen-bond donors (Lipinski definition) is 0. The molecule has 2 aromatic rings. The number of benzene rings is 1. The highest BCUT2D eigenvalue weighted by molar-refractivity contribution is 5.45. The van der Waals surface area contributed by atoms with Crippen LogP contribution >= 0.6 is 0 Å². The largest absolute Gasteiger partial charge is 0.486 e. The number of pyridine rings is 1. The lowest BCUT2D eigenvalue weighted by atomic mass is 9.88. The predicted octanol–water partition coefficient (Wildman–Crippen LogP) is 5.26. The molecule has 8 heteroatoms. The molecule has 0 spiro atoms. The van der Waals surface area contributed by atoms with Crippen LogP contribution in [0.3, 0.4) is 0 Å². The van der Waals surface area contributed by atoms with Gasteiger partial charge in [-0.25, -0.2) is 9.37 Å². The fraction of sp³-hybridized carbons (Fsp3) is 0.500. The number of aryl methyl sites for hydroxylation is 1. The van der Waals surface area contributed by atoms with Gasteiger partial charge in [-0.15, -0.1) is 0 Å². The number of ether oxygens (including phenoxy) is 2. The van der Waals surface area contributed by atoms with Crippen LogP contribution in [0.1, 0.15) is 54.2 Å². The van der Waals surface area contributed by atoms with Crippen molar-refractivity contribution in [3.8, 4) is 11.5 Å². The first-order valence-corrected chi connectivity index (χ1v) is 10.1. The fourth-order valence-corrected chi connectivity index (χ4v) is 4.30. The molecule has 0 unspecified atom stereocenters. The van der Waals surface area contributed by atoms with Gasteiger partial charge in [0.1, 0.15) is 24.7 Å². The third-order valence-corrected chi connectivity index (χ3v) is 5.85. The molecular formula is C22H24F4N2O2. The van der Waals surface area contributed by atoms with Crippen LogP contribution in [-0.2, 0) is 6.18 Å². The number of aromatic nitrogens is 1. The Hall–Kier alpha value is -2.35. The monoisotopic (exact) mass is 424 g/mol. The summed E-state index contributed by atoms with van der Waals surface area (Å²) < 4.78 is 65.3. The summed E-state index contributed by atoms with van der Waals surface area (Å²) >= 11 is 0. The maximum absolute atomic E-state index is 14.7. The molecule has 1 aromatic heterocycles. The summed E-state index contributed by atoms with van der Waals surface area (Å²) in [5.41, 5.74) is 0.625. The number of hydrogen-bond acceptors (Lipinski definition) is 4. The first-order chi connectivity index (χ1) is 14.2. The molecule has 30 heavy (non-hydrogen) atoms. The highest BCUT2D eigenvalue weighted by atomic mass is 19.4. The number of likely N-dealkylation sites (tertiary alicyclic amines) is 1. The molecule has 0 amide bonds. The predicted molar refractivity (Wildman–Crippen MR) is 103 cm³/mol. The average molecular weight is 424 g/mol. The van der Waals surface area contributed by atoms with Gasteiger partial charge in [0.2, 0.25) is 0 Å². The number of rotatable bonds is 3. The van der Waals surface area contributed by atoms with Crippen molar-refractivity contribution in [2.45, 2.75) is 44.8 Å². The molecular weight excluding hydrogens is 400 g/mol. The van der Waals surface area contributed by atoms with Crippen LogP contribution in [0.4, 0.5) is 17.6 Å². The Bertz CT molecular complexity index is 932. The Balaban J connectivity index is 1.57. The van der Waals surface area contributed by atoms with E-state index in [1.165, 1.54) is 6.07 Å². The van der Waals surface area contributed by atoms with Gasteiger partial charge in [-0.3, -0.25) is 4.90 Å². The minimum Gasteiger partial charge on any atom is -0.486 e. The number of halogens is 4. The standard InChI is InChI=1S/C22H24F4N2O2/c1-13-8-16(9-21(27-13)22(24,25)26)15-4-3-5-28(12-15)14(2)17-10-19-20(11-18(17)23)30-7-6-29-19/h8-11,14-15H,3-7,12H2,1-2H3/t14-,15-/m1/s1. The Kier molecular flexibility index (Phi) is 5.61. The molecule has 162 valence electrons. The van der Waals surface area contributed by atoms with Crippen molar-refractivity contribution in [1.29, 1.82) is 0 Å². The third-order valence-electron chi connectivity index (χ3n) is 5.85. The summed E-state index contributed by atoms with van der Waals surface area (Å²) in [7, 11) is 0. The summed E-state index contributed by atoms with van der Waals surface area (Å²) in [6.45, 7) is 5.60. The second kappa shape index (κ2) is 8.06. The molecule has 0 bridgehead atoms. The second-order valence-corrected chi connectivity index (χ2v) is 7.95. The first kappa shape index (κ1) is 20.9. The van der Waals surface area contributed by atoms with Crippen molar-refractivity contribution in [1.82, 2.24) is 9.88 Å². The van der Waals surface area contributed by atoms with E-state index in [1.807, 2.05) is 6.92 Å². The topological polar surface area (TPSA) is 34.6 Å². The maximum Gasteiger partial charge on any atom is 0.433 e. The van der Waals surface area contributed by atoms with Crippen molar-refractivity contribution in [2.75, 3.05) is 26.3 Å².